The molecule has 2 aromatic rings. The van der Waals surface area contributed by atoms with Gasteiger partial charge in [-0.15, -0.1) is 0 Å². The van der Waals surface area contributed by atoms with Crippen LogP contribution < -0.4 is 11.2 Å². The number of hydrogen-bond acceptors (Lipinski definition) is 3. The molecule has 4 heterocycles. The molecule has 2 fully saturated rings. The predicted octanol–water partition coefficient (Wildman–Crippen LogP) is 1.25. The van der Waals surface area contributed by atoms with Gasteiger partial charge in [0.05, 0.1) is 5.92 Å². The number of nitrogens with zero attached hydrogens (tertiary/aromatic N) is 3. The first-order valence-corrected chi connectivity index (χ1v) is 9.07. The van der Waals surface area contributed by atoms with Crippen LogP contribution in [0.25, 0.3) is 11.2 Å². The topological polar surface area (TPSA) is 85.5 Å². The summed E-state index contributed by atoms with van der Waals surface area (Å²) in [6, 6.07) is 0. The lowest BCUT2D eigenvalue weighted by Gasteiger charge is -2.10. The van der Waals surface area contributed by atoms with Crippen LogP contribution in [-0.4, -0.2) is 36.0 Å². The van der Waals surface area contributed by atoms with E-state index in [1.807, 2.05) is 13.8 Å². The first kappa shape index (κ1) is 15.6. The summed E-state index contributed by atoms with van der Waals surface area (Å²) in [4.78, 5) is 33.4. The van der Waals surface area contributed by atoms with Crippen LogP contribution in [0.2, 0.25) is 0 Å². The maximum absolute atomic E-state index is 12.7. The average Bonchev–Trinajstić information content (AvgIpc) is 3.29. The number of ether oxygens (including phenoxy) is 1. The SMILES string of the molecule is CCCn1c(=O)c2[nH]c(C3CC4CCC3[OH+]4)nc2n(CCC)c1=O. The second-order valence-electron chi connectivity index (χ2n) is 7.00. The molecule has 7 heteroatoms. The highest BCUT2D eigenvalue weighted by atomic mass is 16.5. The lowest BCUT2D eigenvalue weighted by Crippen LogP contribution is -2.40. The van der Waals surface area contributed by atoms with Crippen LogP contribution in [0.4, 0.5) is 0 Å². The number of aliphatic hydroxyl groups is 2. The van der Waals surface area contributed by atoms with Gasteiger partial charge in [-0.2, -0.15) is 0 Å². The molecule has 2 aliphatic rings. The molecular weight excluding hydrogens is 308 g/mol. The minimum absolute atomic E-state index is 0.244. The highest BCUT2D eigenvalue weighted by molar-refractivity contribution is 5.70. The molecule has 0 aliphatic carbocycles. The molecule has 0 aromatic carbocycles. The van der Waals surface area contributed by atoms with Crippen molar-refractivity contribution in [2.45, 2.75) is 77.2 Å². The Morgan fingerprint density at radius 3 is 2.54 bits per heavy atom. The molecule has 2 bridgehead atoms. The van der Waals surface area contributed by atoms with E-state index in [4.69, 9.17) is 4.74 Å². The number of hydrogen-bond donors (Lipinski definition) is 1. The third kappa shape index (κ3) is 2.25. The molecule has 2 N–H and O–H groups in total. The minimum Gasteiger partial charge on any atom is -0.429 e. The Hall–Kier alpha value is -1.89. The molecule has 0 radical (unpaired) electrons. The van der Waals surface area contributed by atoms with E-state index in [1.165, 1.54) is 11.0 Å². The second-order valence-corrected chi connectivity index (χ2v) is 7.00. The van der Waals surface area contributed by atoms with Gasteiger partial charge in [-0.3, -0.25) is 13.9 Å². The Morgan fingerprint density at radius 1 is 1.17 bits per heavy atom. The fourth-order valence-electron chi connectivity index (χ4n) is 4.22. The normalized spacial score (nSPS) is 25.8. The van der Waals surface area contributed by atoms with E-state index in [2.05, 4.69) is 9.97 Å². The van der Waals surface area contributed by atoms with Crippen LogP contribution >= 0.6 is 0 Å². The maximum Gasteiger partial charge on any atom is 0.332 e. The molecule has 0 saturated carbocycles. The van der Waals surface area contributed by atoms with Gasteiger partial charge in [0.2, 0.25) is 0 Å². The standard InChI is InChI=1S/C17H24N4O3/c1-3-7-20-15-13(16(22)21(8-4-2)17(20)23)18-14(19-15)11-9-10-5-6-12(11)24-10/h10-12H,3-9H2,1-2H3,(H,18,19)/p+1. The van der Waals surface area contributed by atoms with Crippen molar-refractivity contribution >= 4 is 11.2 Å². The lowest BCUT2D eigenvalue weighted by molar-refractivity contribution is -0.0715. The monoisotopic (exact) mass is 333 g/mol. The van der Waals surface area contributed by atoms with Gasteiger partial charge in [0, 0.05) is 32.4 Å². The summed E-state index contributed by atoms with van der Waals surface area (Å²) < 4.78 is 7.75. The Labute approximate surface area is 139 Å². The van der Waals surface area contributed by atoms with E-state index in [9.17, 15) is 9.59 Å². The summed E-state index contributed by atoms with van der Waals surface area (Å²) in [6.45, 7) is 5.01. The molecule has 0 amide bonds. The number of rotatable bonds is 5. The zero-order chi connectivity index (χ0) is 16.8. The Bertz CT molecular complexity index is 878. The number of H-pyrrole nitrogens is 1. The van der Waals surface area contributed by atoms with Crippen LogP contribution in [0.15, 0.2) is 9.59 Å². The molecule has 2 saturated heterocycles. The van der Waals surface area contributed by atoms with Crippen LogP contribution in [0.1, 0.15) is 57.7 Å². The Morgan fingerprint density at radius 2 is 1.92 bits per heavy atom. The van der Waals surface area contributed by atoms with Crippen LogP contribution in [0, 0.1) is 0 Å². The van der Waals surface area contributed by atoms with Gasteiger partial charge in [-0.25, -0.2) is 9.78 Å². The quantitative estimate of drug-likeness (QED) is 0.836. The molecule has 2 aromatic heterocycles. The summed E-state index contributed by atoms with van der Waals surface area (Å²) in [7, 11) is 0. The highest BCUT2D eigenvalue weighted by Gasteiger charge is 2.48. The lowest BCUT2D eigenvalue weighted by atomic mass is 9.89. The number of imidazole rings is 1. The van der Waals surface area contributed by atoms with Crippen molar-refractivity contribution in [3.63, 3.8) is 0 Å². The molecule has 24 heavy (non-hydrogen) atoms. The van der Waals surface area contributed by atoms with Gasteiger partial charge in [0.25, 0.3) is 5.56 Å². The Balaban J connectivity index is 1.88. The average molecular weight is 333 g/mol. The van der Waals surface area contributed by atoms with Gasteiger partial charge >= 0.3 is 5.69 Å². The zero-order valence-corrected chi connectivity index (χ0v) is 14.3. The molecule has 2 aliphatic heterocycles. The molecular formula is C17H25N4O3+. The Kier molecular flexibility index (Phi) is 3.83. The number of aromatic amines is 1. The van der Waals surface area contributed by atoms with Crippen molar-refractivity contribution in [3.8, 4) is 0 Å². The van der Waals surface area contributed by atoms with E-state index in [0.29, 0.717) is 36.5 Å². The fourth-order valence-corrected chi connectivity index (χ4v) is 4.22. The highest BCUT2D eigenvalue weighted by Crippen LogP contribution is 2.41. The van der Waals surface area contributed by atoms with Gasteiger partial charge in [0.1, 0.15) is 11.3 Å². The second kappa shape index (κ2) is 5.88. The number of aromatic nitrogens is 4. The summed E-state index contributed by atoms with van der Waals surface area (Å²) >= 11 is 0. The van der Waals surface area contributed by atoms with Crippen LogP contribution in [0.5, 0.6) is 0 Å². The number of aryl methyl sites for hydroxylation is 1. The summed E-state index contributed by atoms with van der Waals surface area (Å²) in [5.74, 6) is 1.09. The number of fused-ring (bicyclic) bond motifs is 3. The third-order valence-corrected chi connectivity index (χ3v) is 5.31. The largest absolute Gasteiger partial charge is 0.429 e. The minimum atomic E-state index is -0.247. The molecule has 7 nitrogen and oxygen atoms in total. The van der Waals surface area contributed by atoms with Gasteiger partial charge in [-0.05, 0) is 12.8 Å². The van der Waals surface area contributed by atoms with Crippen LogP contribution in [-0.2, 0) is 13.1 Å². The first-order chi connectivity index (χ1) is 11.6. The van der Waals surface area contributed by atoms with Gasteiger partial charge in [0.15, 0.2) is 17.9 Å². The molecule has 130 valence electrons. The molecule has 3 atom stereocenters. The molecule has 3 unspecified atom stereocenters. The van der Waals surface area contributed by atoms with Crippen molar-refractivity contribution in [1.82, 2.24) is 19.1 Å². The van der Waals surface area contributed by atoms with Crippen molar-refractivity contribution in [3.05, 3.63) is 26.7 Å². The van der Waals surface area contributed by atoms with E-state index in [-0.39, 0.29) is 17.2 Å². The third-order valence-electron chi connectivity index (χ3n) is 5.31. The van der Waals surface area contributed by atoms with E-state index in [1.54, 1.807) is 4.57 Å². The van der Waals surface area contributed by atoms with E-state index >= 15 is 0 Å². The van der Waals surface area contributed by atoms with Crippen molar-refractivity contribution < 1.29 is 4.74 Å². The summed E-state index contributed by atoms with van der Waals surface area (Å²) in [5, 5.41) is 0. The van der Waals surface area contributed by atoms with E-state index in [0.717, 1.165) is 31.5 Å². The molecule has 0 spiro atoms. The first-order valence-electron chi connectivity index (χ1n) is 9.07. The van der Waals surface area contributed by atoms with E-state index < -0.39 is 0 Å². The van der Waals surface area contributed by atoms with Gasteiger partial charge < -0.3 is 9.72 Å². The van der Waals surface area contributed by atoms with Gasteiger partial charge in [-0.1, -0.05) is 13.8 Å². The summed E-state index contributed by atoms with van der Waals surface area (Å²) in [6.07, 6.45) is 5.62. The predicted molar refractivity (Wildman–Crippen MR) is 91.6 cm³/mol. The van der Waals surface area contributed by atoms with Crippen molar-refractivity contribution in [2.75, 3.05) is 0 Å². The van der Waals surface area contributed by atoms with Crippen molar-refractivity contribution in [2.24, 2.45) is 0 Å². The van der Waals surface area contributed by atoms with Crippen LogP contribution in [0.3, 0.4) is 0 Å². The van der Waals surface area contributed by atoms with Crippen molar-refractivity contribution in [1.29, 1.82) is 0 Å². The maximum atomic E-state index is 12.7. The fraction of sp³-hybridized carbons (Fsp3) is 0.706. The zero-order valence-electron chi connectivity index (χ0n) is 14.3. The smallest absolute Gasteiger partial charge is 0.332 e. The summed E-state index contributed by atoms with van der Waals surface area (Å²) in [5.41, 5.74) is 0.487. The number of nitrogens with one attached hydrogen (secondary N) is 1. The molecule has 4 rings (SSSR count).